The fourth-order valence-corrected chi connectivity index (χ4v) is 3.03. The number of nitrogens with one attached hydrogen (secondary N) is 1. The lowest BCUT2D eigenvalue weighted by molar-refractivity contribution is 0.630. The number of nitrogens with zero attached hydrogens (tertiary/aromatic N) is 1. The summed E-state index contributed by atoms with van der Waals surface area (Å²) in [4.78, 5) is 4.45. The molecule has 0 aliphatic heterocycles. The van der Waals surface area contributed by atoms with E-state index in [2.05, 4.69) is 41.5 Å². The van der Waals surface area contributed by atoms with Crippen LogP contribution in [-0.2, 0) is 6.42 Å². The molecule has 0 saturated heterocycles. The number of hydrogen-bond acceptors (Lipinski definition) is 3. The van der Waals surface area contributed by atoms with Crippen LogP contribution in [0, 0.1) is 5.82 Å². The molecular formula is C16H15FN2S. The van der Waals surface area contributed by atoms with Crippen molar-refractivity contribution in [1.82, 2.24) is 4.98 Å². The summed E-state index contributed by atoms with van der Waals surface area (Å²) in [7, 11) is 0. The summed E-state index contributed by atoms with van der Waals surface area (Å²) in [5.74, 6) is -0.225. The van der Waals surface area contributed by atoms with E-state index in [9.17, 15) is 4.39 Å². The zero-order chi connectivity index (χ0) is 13.9. The fourth-order valence-electron chi connectivity index (χ4n) is 2.12. The first-order valence-corrected chi connectivity index (χ1v) is 7.48. The summed E-state index contributed by atoms with van der Waals surface area (Å²) < 4.78 is 14.0. The molecule has 0 unspecified atom stereocenters. The number of aromatic nitrogens is 1. The third kappa shape index (κ3) is 2.80. The molecule has 4 heteroatoms. The van der Waals surface area contributed by atoms with E-state index in [1.54, 1.807) is 6.07 Å². The maximum Gasteiger partial charge on any atom is 0.188 e. The van der Waals surface area contributed by atoms with E-state index in [4.69, 9.17) is 0 Å². The van der Waals surface area contributed by atoms with Crippen LogP contribution in [0.1, 0.15) is 18.9 Å². The van der Waals surface area contributed by atoms with Crippen molar-refractivity contribution in [2.24, 2.45) is 0 Å². The van der Waals surface area contributed by atoms with Crippen LogP contribution < -0.4 is 5.32 Å². The first-order valence-electron chi connectivity index (χ1n) is 6.66. The summed E-state index contributed by atoms with van der Waals surface area (Å²) in [5, 5.41) is 4.05. The third-order valence-electron chi connectivity index (χ3n) is 3.09. The van der Waals surface area contributed by atoms with Gasteiger partial charge < -0.3 is 5.32 Å². The predicted molar refractivity (Wildman–Crippen MR) is 83.3 cm³/mol. The van der Waals surface area contributed by atoms with Gasteiger partial charge in [-0.25, -0.2) is 9.37 Å². The number of benzene rings is 2. The van der Waals surface area contributed by atoms with E-state index >= 15 is 0 Å². The van der Waals surface area contributed by atoms with E-state index < -0.39 is 0 Å². The number of fused-ring (bicyclic) bond motifs is 1. The van der Waals surface area contributed by atoms with Crippen molar-refractivity contribution in [3.05, 3.63) is 53.8 Å². The Kier molecular flexibility index (Phi) is 3.65. The van der Waals surface area contributed by atoms with Crippen LogP contribution >= 0.6 is 11.3 Å². The summed E-state index contributed by atoms with van der Waals surface area (Å²) in [6.45, 7) is 2.17. The number of aryl methyl sites for hydroxylation is 1. The van der Waals surface area contributed by atoms with Gasteiger partial charge in [0.15, 0.2) is 5.13 Å². The maximum absolute atomic E-state index is 13.1. The van der Waals surface area contributed by atoms with Crippen molar-refractivity contribution in [3.63, 3.8) is 0 Å². The van der Waals surface area contributed by atoms with Gasteiger partial charge in [0.05, 0.1) is 10.2 Å². The predicted octanol–water partition coefficient (Wildman–Crippen LogP) is 5.13. The average molecular weight is 286 g/mol. The minimum absolute atomic E-state index is 0.225. The molecule has 3 rings (SSSR count). The first-order chi connectivity index (χ1) is 9.74. The van der Waals surface area contributed by atoms with Crippen LogP contribution in [-0.4, -0.2) is 4.98 Å². The van der Waals surface area contributed by atoms with Crippen LogP contribution in [0.5, 0.6) is 0 Å². The summed E-state index contributed by atoms with van der Waals surface area (Å²) >= 11 is 1.46. The Morgan fingerprint density at radius 1 is 1.15 bits per heavy atom. The minimum Gasteiger partial charge on any atom is -0.332 e. The molecule has 0 spiro atoms. The average Bonchev–Trinajstić information content (AvgIpc) is 2.82. The molecule has 3 aromatic rings. The molecule has 0 aliphatic carbocycles. The highest BCUT2D eigenvalue weighted by Gasteiger charge is 2.05. The van der Waals surface area contributed by atoms with Crippen LogP contribution in [0.2, 0.25) is 0 Å². The van der Waals surface area contributed by atoms with E-state index in [1.165, 1.54) is 29.0 Å². The fraction of sp³-hybridized carbons (Fsp3) is 0.188. The zero-order valence-electron chi connectivity index (χ0n) is 11.2. The smallest absolute Gasteiger partial charge is 0.188 e. The Labute approximate surface area is 121 Å². The van der Waals surface area contributed by atoms with Gasteiger partial charge in [0.25, 0.3) is 0 Å². The number of thiazole rings is 1. The van der Waals surface area contributed by atoms with Gasteiger partial charge in [-0.3, -0.25) is 0 Å². The van der Waals surface area contributed by atoms with Crippen molar-refractivity contribution in [3.8, 4) is 0 Å². The highest BCUT2D eigenvalue weighted by Crippen LogP contribution is 2.28. The van der Waals surface area contributed by atoms with E-state index in [0.29, 0.717) is 0 Å². The Balaban J connectivity index is 1.81. The van der Waals surface area contributed by atoms with Gasteiger partial charge in [-0.1, -0.05) is 36.8 Å². The van der Waals surface area contributed by atoms with E-state index in [0.717, 1.165) is 33.9 Å². The zero-order valence-corrected chi connectivity index (χ0v) is 12.0. The Hall–Kier alpha value is -1.94. The largest absolute Gasteiger partial charge is 0.332 e. The van der Waals surface area contributed by atoms with E-state index in [-0.39, 0.29) is 5.82 Å². The molecule has 2 aromatic carbocycles. The van der Waals surface area contributed by atoms with Crippen molar-refractivity contribution in [1.29, 1.82) is 0 Å². The molecule has 0 aliphatic rings. The van der Waals surface area contributed by atoms with Crippen molar-refractivity contribution in [2.75, 3.05) is 5.32 Å². The summed E-state index contributed by atoms with van der Waals surface area (Å²) in [6.07, 6.45) is 2.25. The second kappa shape index (κ2) is 5.59. The highest BCUT2D eigenvalue weighted by molar-refractivity contribution is 7.22. The molecule has 0 bridgehead atoms. The molecule has 0 fully saturated rings. The molecule has 20 heavy (non-hydrogen) atoms. The van der Waals surface area contributed by atoms with Gasteiger partial charge in [-0.15, -0.1) is 0 Å². The van der Waals surface area contributed by atoms with Crippen molar-refractivity contribution >= 4 is 32.4 Å². The Bertz CT molecular complexity index is 719. The second-order valence-electron chi connectivity index (χ2n) is 4.70. The molecule has 0 amide bonds. The van der Waals surface area contributed by atoms with Crippen LogP contribution in [0.4, 0.5) is 15.2 Å². The monoisotopic (exact) mass is 286 g/mol. The topological polar surface area (TPSA) is 24.9 Å². The number of hydrogen-bond donors (Lipinski definition) is 1. The number of rotatable bonds is 4. The van der Waals surface area contributed by atoms with Crippen molar-refractivity contribution in [2.45, 2.75) is 19.8 Å². The van der Waals surface area contributed by atoms with Crippen LogP contribution in [0.25, 0.3) is 10.2 Å². The van der Waals surface area contributed by atoms with Gasteiger partial charge in [-0.2, -0.15) is 0 Å². The second-order valence-corrected chi connectivity index (χ2v) is 5.73. The highest BCUT2D eigenvalue weighted by atomic mass is 32.1. The summed E-state index contributed by atoms with van der Waals surface area (Å²) in [5.41, 5.74) is 3.16. The van der Waals surface area contributed by atoms with Crippen LogP contribution in [0.3, 0.4) is 0 Å². The summed E-state index contributed by atoms with van der Waals surface area (Å²) in [6, 6.07) is 13.0. The molecule has 1 heterocycles. The van der Waals surface area contributed by atoms with Gasteiger partial charge in [0.1, 0.15) is 5.82 Å². The normalized spacial score (nSPS) is 10.9. The third-order valence-corrected chi connectivity index (χ3v) is 4.03. The lowest BCUT2D eigenvalue weighted by atomic mass is 10.1. The van der Waals surface area contributed by atoms with Gasteiger partial charge in [-0.05, 0) is 42.3 Å². The SMILES string of the molecule is CCCc1ccc(Nc2nc3ccc(F)cc3s2)cc1. The number of anilines is 2. The molecule has 102 valence electrons. The van der Waals surface area contributed by atoms with Gasteiger partial charge >= 0.3 is 0 Å². The minimum atomic E-state index is -0.225. The maximum atomic E-state index is 13.1. The number of halogens is 1. The first kappa shape index (κ1) is 13.1. The van der Waals surface area contributed by atoms with E-state index in [1.807, 2.05) is 0 Å². The molecule has 1 aromatic heterocycles. The van der Waals surface area contributed by atoms with Crippen LogP contribution in [0.15, 0.2) is 42.5 Å². The van der Waals surface area contributed by atoms with Crippen molar-refractivity contribution < 1.29 is 4.39 Å². The quantitative estimate of drug-likeness (QED) is 0.719. The van der Waals surface area contributed by atoms with Gasteiger partial charge in [0.2, 0.25) is 0 Å². The lowest BCUT2D eigenvalue weighted by Crippen LogP contribution is -1.90. The lowest BCUT2D eigenvalue weighted by Gasteiger charge is -2.03. The Morgan fingerprint density at radius 3 is 2.70 bits per heavy atom. The molecule has 0 radical (unpaired) electrons. The standard InChI is InChI=1S/C16H15FN2S/c1-2-3-11-4-7-13(8-5-11)18-16-19-14-9-6-12(17)10-15(14)20-16/h4-10H,2-3H2,1H3,(H,18,19). The molecular weight excluding hydrogens is 271 g/mol. The molecule has 0 atom stereocenters. The van der Waals surface area contributed by atoms with Gasteiger partial charge in [0, 0.05) is 5.69 Å². The molecule has 1 N–H and O–H groups in total. The molecule has 0 saturated carbocycles. The Morgan fingerprint density at radius 2 is 1.95 bits per heavy atom. The molecule has 2 nitrogen and oxygen atoms in total.